The monoisotopic (exact) mass is 345 g/mol. The van der Waals surface area contributed by atoms with Gasteiger partial charge < -0.3 is 9.88 Å². The standard InChI is InChI=1S/C20H28ClN3/c1-2-9-23-11-13-24(14-12-23)10-5-3-4-6-19-16-17-15-18(21)7-8-20(17)22-19/h3,5,7-8,15-16,22H,2,4,6,9-14H2,1H3/b5-3+. The normalized spacial score (nSPS) is 17.2. The summed E-state index contributed by atoms with van der Waals surface area (Å²) in [5.41, 5.74) is 2.45. The number of fused-ring (bicyclic) bond motifs is 1. The van der Waals surface area contributed by atoms with Crippen LogP contribution in [0.25, 0.3) is 10.9 Å². The maximum atomic E-state index is 6.04. The van der Waals surface area contributed by atoms with Crippen LogP contribution in [-0.4, -0.2) is 54.1 Å². The molecule has 1 aliphatic rings. The van der Waals surface area contributed by atoms with E-state index in [1.807, 2.05) is 12.1 Å². The van der Waals surface area contributed by atoms with E-state index in [0.717, 1.165) is 24.4 Å². The Morgan fingerprint density at radius 3 is 2.67 bits per heavy atom. The summed E-state index contributed by atoms with van der Waals surface area (Å²) in [6.45, 7) is 9.44. The van der Waals surface area contributed by atoms with Gasteiger partial charge in [0, 0.05) is 54.3 Å². The summed E-state index contributed by atoms with van der Waals surface area (Å²) in [7, 11) is 0. The maximum Gasteiger partial charge on any atom is 0.0457 e. The smallest absolute Gasteiger partial charge is 0.0457 e. The predicted molar refractivity (Wildman–Crippen MR) is 104 cm³/mol. The molecular weight excluding hydrogens is 318 g/mol. The van der Waals surface area contributed by atoms with Gasteiger partial charge in [0.25, 0.3) is 0 Å². The Morgan fingerprint density at radius 2 is 1.88 bits per heavy atom. The maximum absolute atomic E-state index is 6.04. The van der Waals surface area contributed by atoms with Crippen molar-refractivity contribution in [3.05, 3.63) is 47.1 Å². The van der Waals surface area contributed by atoms with Gasteiger partial charge in [0.1, 0.15) is 0 Å². The Labute approximate surface area is 150 Å². The van der Waals surface area contributed by atoms with Crippen LogP contribution in [-0.2, 0) is 6.42 Å². The molecule has 4 heteroatoms. The number of aryl methyl sites for hydroxylation is 1. The first kappa shape index (κ1) is 17.5. The van der Waals surface area contributed by atoms with Crippen LogP contribution >= 0.6 is 11.6 Å². The number of piperazine rings is 1. The third-order valence-corrected chi connectivity index (χ3v) is 4.99. The fraction of sp³-hybridized carbons (Fsp3) is 0.500. The minimum atomic E-state index is 0.798. The second-order valence-corrected chi connectivity index (χ2v) is 7.11. The van der Waals surface area contributed by atoms with Crippen molar-refractivity contribution in [1.29, 1.82) is 0 Å². The Balaban J connectivity index is 1.39. The number of H-pyrrole nitrogens is 1. The Morgan fingerprint density at radius 1 is 1.08 bits per heavy atom. The lowest BCUT2D eigenvalue weighted by Gasteiger charge is -2.33. The molecule has 0 bridgehead atoms. The number of allylic oxidation sites excluding steroid dienone is 1. The highest BCUT2D eigenvalue weighted by Crippen LogP contribution is 2.20. The lowest BCUT2D eigenvalue weighted by molar-refractivity contribution is 0.142. The molecule has 1 aliphatic heterocycles. The molecule has 2 aromatic rings. The summed E-state index contributed by atoms with van der Waals surface area (Å²) in [5.74, 6) is 0. The first-order valence-corrected chi connectivity index (χ1v) is 9.49. The van der Waals surface area contributed by atoms with Crippen LogP contribution < -0.4 is 0 Å². The fourth-order valence-electron chi connectivity index (χ4n) is 3.39. The van der Waals surface area contributed by atoms with E-state index in [0.29, 0.717) is 0 Å². The van der Waals surface area contributed by atoms with E-state index in [1.165, 1.54) is 55.7 Å². The number of aromatic amines is 1. The summed E-state index contributed by atoms with van der Waals surface area (Å²) >= 11 is 6.04. The minimum absolute atomic E-state index is 0.798. The molecule has 0 amide bonds. The van der Waals surface area contributed by atoms with Gasteiger partial charge >= 0.3 is 0 Å². The molecule has 0 radical (unpaired) electrons. The summed E-state index contributed by atoms with van der Waals surface area (Å²) in [4.78, 5) is 8.59. The predicted octanol–water partition coefficient (Wildman–Crippen LogP) is 4.34. The average molecular weight is 346 g/mol. The number of hydrogen-bond acceptors (Lipinski definition) is 2. The molecule has 3 rings (SSSR count). The van der Waals surface area contributed by atoms with Crippen LogP contribution in [0.2, 0.25) is 5.02 Å². The molecule has 130 valence electrons. The second kappa shape index (κ2) is 8.70. The Hall–Kier alpha value is -1.29. The van der Waals surface area contributed by atoms with E-state index in [9.17, 15) is 0 Å². The van der Waals surface area contributed by atoms with Gasteiger partial charge in [-0.3, -0.25) is 4.90 Å². The number of nitrogens with one attached hydrogen (secondary N) is 1. The van der Waals surface area contributed by atoms with Crippen molar-refractivity contribution in [1.82, 2.24) is 14.8 Å². The molecule has 0 spiro atoms. The highest BCUT2D eigenvalue weighted by Gasteiger charge is 2.14. The molecule has 1 N–H and O–H groups in total. The van der Waals surface area contributed by atoms with Crippen molar-refractivity contribution in [2.45, 2.75) is 26.2 Å². The topological polar surface area (TPSA) is 22.3 Å². The molecule has 1 saturated heterocycles. The van der Waals surface area contributed by atoms with Gasteiger partial charge in [-0.05, 0) is 50.1 Å². The SMILES string of the molecule is CCCN1CCN(C/C=C/CCc2cc3cc(Cl)ccc3[nH]2)CC1. The molecule has 1 fully saturated rings. The van der Waals surface area contributed by atoms with Gasteiger partial charge in [-0.15, -0.1) is 0 Å². The van der Waals surface area contributed by atoms with E-state index in [2.05, 4.69) is 46.0 Å². The van der Waals surface area contributed by atoms with Gasteiger partial charge in [0.15, 0.2) is 0 Å². The zero-order chi connectivity index (χ0) is 16.8. The van der Waals surface area contributed by atoms with Crippen molar-refractivity contribution in [2.24, 2.45) is 0 Å². The van der Waals surface area contributed by atoms with Gasteiger partial charge in [-0.2, -0.15) is 0 Å². The van der Waals surface area contributed by atoms with Crippen LogP contribution in [0, 0.1) is 0 Å². The summed E-state index contributed by atoms with van der Waals surface area (Å²) in [6, 6.07) is 8.21. The minimum Gasteiger partial charge on any atom is -0.358 e. The number of benzene rings is 1. The molecule has 0 atom stereocenters. The van der Waals surface area contributed by atoms with E-state index < -0.39 is 0 Å². The van der Waals surface area contributed by atoms with Gasteiger partial charge in [-0.25, -0.2) is 0 Å². The van der Waals surface area contributed by atoms with Crippen LogP contribution in [0.1, 0.15) is 25.5 Å². The third-order valence-electron chi connectivity index (χ3n) is 4.75. The summed E-state index contributed by atoms with van der Waals surface area (Å²) < 4.78 is 0. The molecule has 0 saturated carbocycles. The molecule has 1 aromatic carbocycles. The lowest BCUT2D eigenvalue weighted by atomic mass is 10.2. The zero-order valence-corrected chi connectivity index (χ0v) is 15.4. The number of nitrogens with zero attached hydrogens (tertiary/aromatic N) is 2. The number of hydrogen-bond donors (Lipinski definition) is 1. The first-order valence-electron chi connectivity index (χ1n) is 9.11. The second-order valence-electron chi connectivity index (χ2n) is 6.68. The number of rotatable bonds is 7. The fourth-order valence-corrected chi connectivity index (χ4v) is 3.57. The van der Waals surface area contributed by atoms with Gasteiger partial charge in [0.05, 0.1) is 0 Å². The van der Waals surface area contributed by atoms with Crippen molar-refractivity contribution in [3.8, 4) is 0 Å². The molecule has 1 aromatic heterocycles. The van der Waals surface area contributed by atoms with Crippen LogP contribution in [0.4, 0.5) is 0 Å². The molecule has 2 heterocycles. The zero-order valence-electron chi connectivity index (χ0n) is 14.6. The average Bonchev–Trinajstić information content (AvgIpc) is 2.98. The van der Waals surface area contributed by atoms with Crippen molar-refractivity contribution >= 4 is 22.5 Å². The Kier molecular flexibility index (Phi) is 6.36. The van der Waals surface area contributed by atoms with E-state index in [1.54, 1.807) is 0 Å². The van der Waals surface area contributed by atoms with Crippen LogP contribution in [0.3, 0.4) is 0 Å². The molecule has 0 unspecified atom stereocenters. The molecule has 3 nitrogen and oxygen atoms in total. The van der Waals surface area contributed by atoms with Crippen molar-refractivity contribution in [3.63, 3.8) is 0 Å². The van der Waals surface area contributed by atoms with Gasteiger partial charge in [0.2, 0.25) is 0 Å². The highest BCUT2D eigenvalue weighted by atomic mass is 35.5. The highest BCUT2D eigenvalue weighted by molar-refractivity contribution is 6.31. The number of halogens is 1. The van der Waals surface area contributed by atoms with E-state index >= 15 is 0 Å². The molecular formula is C20H28ClN3. The quantitative estimate of drug-likeness (QED) is 0.754. The van der Waals surface area contributed by atoms with E-state index in [-0.39, 0.29) is 0 Å². The first-order chi connectivity index (χ1) is 11.7. The summed E-state index contributed by atoms with van der Waals surface area (Å²) in [5, 5.41) is 2.00. The lowest BCUT2D eigenvalue weighted by Crippen LogP contribution is -2.46. The third kappa shape index (κ3) is 4.85. The van der Waals surface area contributed by atoms with Crippen LogP contribution in [0.15, 0.2) is 36.4 Å². The van der Waals surface area contributed by atoms with Crippen molar-refractivity contribution in [2.75, 3.05) is 39.3 Å². The number of aromatic nitrogens is 1. The largest absolute Gasteiger partial charge is 0.358 e. The molecule has 24 heavy (non-hydrogen) atoms. The molecule has 0 aliphatic carbocycles. The Bertz CT molecular complexity index is 669. The van der Waals surface area contributed by atoms with Crippen molar-refractivity contribution < 1.29 is 0 Å². The van der Waals surface area contributed by atoms with Crippen LogP contribution in [0.5, 0.6) is 0 Å². The summed E-state index contributed by atoms with van der Waals surface area (Å²) in [6.07, 6.45) is 8.04. The van der Waals surface area contributed by atoms with E-state index in [4.69, 9.17) is 11.6 Å². The van der Waals surface area contributed by atoms with Gasteiger partial charge in [-0.1, -0.05) is 30.7 Å².